The van der Waals surface area contributed by atoms with Gasteiger partial charge in [0.05, 0.1) is 31.4 Å². The van der Waals surface area contributed by atoms with E-state index in [2.05, 4.69) is 17.2 Å². The lowest BCUT2D eigenvalue weighted by atomic mass is 10.0. The van der Waals surface area contributed by atoms with Gasteiger partial charge in [-0.3, -0.25) is 9.79 Å². The molecule has 0 bridgehead atoms. The zero-order chi connectivity index (χ0) is 21.0. The van der Waals surface area contributed by atoms with E-state index in [1.165, 1.54) is 103 Å². The minimum Gasteiger partial charge on any atom is -0.481 e. The monoisotopic (exact) mass is 410 g/mol. The van der Waals surface area contributed by atoms with Crippen LogP contribution in [0.25, 0.3) is 0 Å². The van der Waals surface area contributed by atoms with Gasteiger partial charge >= 0.3 is 5.97 Å². The van der Waals surface area contributed by atoms with Crippen LogP contribution in [-0.4, -0.2) is 42.7 Å². The molecule has 0 saturated carbocycles. The highest BCUT2D eigenvalue weighted by atomic mass is 16.5. The number of unbranched alkanes of at least 4 members (excludes halogenated alkanes) is 11. The van der Waals surface area contributed by atoms with Crippen molar-refractivity contribution in [2.45, 2.75) is 128 Å². The lowest BCUT2D eigenvalue weighted by Gasteiger charge is -2.22. The van der Waals surface area contributed by atoms with Crippen molar-refractivity contribution in [2.75, 3.05) is 13.2 Å². The summed E-state index contributed by atoms with van der Waals surface area (Å²) in [6.07, 6.45) is 24.9. The Labute approximate surface area is 179 Å². The normalized spacial score (nSPS) is 20.7. The van der Waals surface area contributed by atoms with Crippen molar-refractivity contribution in [1.29, 1.82) is 0 Å². The van der Waals surface area contributed by atoms with Crippen LogP contribution in [0, 0.1) is 0 Å². The van der Waals surface area contributed by atoms with Gasteiger partial charge in [0.15, 0.2) is 0 Å². The molecule has 0 amide bonds. The van der Waals surface area contributed by atoms with E-state index in [0.717, 1.165) is 6.61 Å². The third kappa shape index (κ3) is 16.4. The van der Waals surface area contributed by atoms with Gasteiger partial charge in [-0.05, 0) is 25.7 Å². The summed E-state index contributed by atoms with van der Waals surface area (Å²) in [5.74, 6) is -0.780. The van der Waals surface area contributed by atoms with E-state index in [4.69, 9.17) is 9.84 Å². The molecule has 1 fully saturated rings. The van der Waals surface area contributed by atoms with E-state index in [1.807, 2.05) is 0 Å². The van der Waals surface area contributed by atoms with E-state index in [0.29, 0.717) is 12.6 Å². The molecule has 0 aromatic carbocycles. The third-order valence-electron chi connectivity index (χ3n) is 5.80. The number of nitrogens with zero attached hydrogens (tertiary/aromatic N) is 1. The van der Waals surface area contributed by atoms with Gasteiger partial charge in [-0.2, -0.15) is 0 Å². The number of aliphatic imine (C=N–C) groups is 1. The molecule has 2 aliphatic rings. The summed E-state index contributed by atoms with van der Waals surface area (Å²) in [5, 5.41) is 11.1. The Morgan fingerprint density at radius 1 is 1.00 bits per heavy atom. The Bertz CT molecular complexity index is 401. The maximum Gasteiger partial charge on any atom is 0.305 e. The van der Waals surface area contributed by atoms with Crippen LogP contribution in [0.2, 0.25) is 0 Å². The summed E-state index contributed by atoms with van der Waals surface area (Å²) in [6.45, 7) is 3.90. The van der Waals surface area contributed by atoms with Gasteiger partial charge in [-0.1, -0.05) is 84.0 Å². The van der Waals surface area contributed by atoms with Crippen LogP contribution >= 0.6 is 0 Å². The number of hydrogen-bond acceptors (Lipinski definition) is 4. The zero-order valence-corrected chi connectivity index (χ0v) is 18.9. The van der Waals surface area contributed by atoms with Gasteiger partial charge in [0.1, 0.15) is 0 Å². The zero-order valence-electron chi connectivity index (χ0n) is 18.9. The Balaban J connectivity index is 0.000000387. The molecule has 2 rings (SSSR count). The molecule has 2 heterocycles. The smallest absolute Gasteiger partial charge is 0.305 e. The van der Waals surface area contributed by atoms with Gasteiger partial charge < -0.3 is 15.2 Å². The molecule has 170 valence electrons. The summed E-state index contributed by atoms with van der Waals surface area (Å²) in [7, 11) is 0. The molecule has 2 unspecified atom stereocenters. The Kier molecular flexibility index (Phi) is 16.9. The summed E-state index contributed by atoms with van der Waals surface area (Å²) in [6, 6.07) is 0.0162. The molecule has 5 heteroatoms. The standard InChI is InChI=1S/C19H38O.C5H8N2O2/c1-2-3-4-5-6-7-8-9-10-11-12-13-16-19-17-14-15-18-20-19;8-5(9)1-4-2-6-3-7-4/h19H,2-18H2,1H3;3-4H,1-2H2,(H,6,7)(H,8,9). The first kappa shape index (κ1) is 25.9. The van der Waals surface area contributed by atoms with Crippen LogP contribution in [0.4, 0.5) is 0 Å². The molecule has 0 radical (unpaired) electrons. The molecular formula is C24H46N2O3. The number of aliphatic carboxylic acids is 1. The molecule has 0 aliphatic carbocycles. The first-order valence-corrected chi connectivity index (χ1v) is 12.3. The largest absolute Gasteiger partial charge is 0.481 e. The van der Waals surface area contributed by atoms with Crippen LogP contribution in [0.1, 0.15) is 116 Å². The van der Waals surface area contributed by atoms with Crippen LogP contribution in [-0.2, 0) is 9.53 Å². The average Bonchev–Trinajstić information content (AvgIpc) is 3.22. The van der Waals surface area contributed by atoms with E-state index in [9.17, 15) is 4.79 Å². The maximum absolute atomic E-state index is 10.1. The molecule has 2 aliphatic heterocycles. The molecule has 0 aromatic rings. The number of rotatable bonds is 15. The second-order valence-corrected chi connectivity index (χ2v) is 8.62. The molecule has 5 nitrogen and oxygen atoms in total. The van der Waals surface area contributed by atoms with Crippen molar-refractivity contribution in [3.8, 4) is 0 Å². The highest BCUT2D eigenvalue weighted by Crippen LogP contribution is 2.19. The lowest BCUT2D eigenvalue weighted by molar-refractivity contribution is -0.137. The van der Waals surface area contributed by atoms with E-state index in [-0.39, 0.29) is 12.5 Å². The summed E-state index contributed by atoms with van der Waals surface area (Å²) in [4.78, 5) is 13.9. The highest BCUT2D eigenvalue weighted by molar-refractivity contribution is 5.69. The fourth-order valence-corrected chi connectivity index (χ4v) is 3.97. The predicted octanol–water partition coefficient (Wildman–Crippen LogP) is 6.11. The molecular weight excluding hydrogens is 364 g/mol. The third-order valence-corrected chi connectivity index (χ3v) is 5.80. The van der Waals surface area contributed by atoms with Crippen LogP contribution < -0.4 is 5.32 Å². The van der Waals surface area contributed by atoms with Crippen molar-refractivity contribution in [3.63, 3.8) is 0 Å². The molecule has 2 N–H and O–H groups in total. The Morgan fingerprint density at radius 3 is 2.10 bits per heavy atom. The molecule has 0 spiro atoms. The van der Waals surface area contributed by atoms with Crippen LogP contribution in [0.15, 0.2) is 4.99 Å². The Morgan fingerprint density at radius 2 is 1.62 bits per heavy atom. The van der Waals surface area contributed by atoms with Gasteiger partial charge in [-0.15, -0.1) is 0 Å². The quantitative estimate of drug-likeness (QED) is 0.320. The number of carbonyl (C=O) groups is 1. The first-order chi connectivity index (χ1) is 14.2. The maximum atomic E-state index is 10.1. The summed E-state index contributed by atoms with van der Waals surface area (Å²) < 4.78 is 5.78. The number of carboxylic acid groups (broad SMARTS) is 1. The van der Waals surface area contributed by atoms with Crippen LogP contribution in [0.3, 0.4) is 0 Å². The number of nitrogens with one attached hydrogen (secondary N) is 1. The first-order valence-electron chi connectivity index (χ1n) is 12.3. The average molecular weight is 411 g/mol. The minimum absolute atomic E-state index is 0.0162. The fraction of sp³-hybridized carbons (Fsp3) is 0.917. The van der Waals surface area contributed by atoms with Crippen molar-refractivity contribution >= 4 is 12.3 Å². The van der Waals surface area contributed by atoms with E-state index < -0.39 is 5.97 Å². The van der Waals surface area contributed by atoms with Gasteiger partial charge in [0.25, 0.3) is 0 Å². The van der Waals surface area contributed by atoms with Crippen LogP contribution in [0.5, 0.6) is 0 Å². The van der Waals surface area contributed by atoms with Gasteiger partial charge in [0.2, 0.25) is 0 Å². The number of ether oxygens (including phenoxy) is 1. The van der Waals surface area contributed by atoms with E-state index >= 15 is 0 Å². The predicted molar refractivity (Wildman–Crippen MR) is 122 cm³/mol. The fourth-order valence-electron chi connectivity index (χ4n) is 3.97. The SMILES string of the molecule is CCCCCCCCCCCCCCC1CCCCO1.O=C(O)CC1CN=CN1. The van der Waals surface area contributed by atoms with Crippen molar-refractivity contribution in [1.82, 2.24) is 5.32 Å². The number of hydrogen-bond donors (Lipinski definition) is 2. The molecule has 2 atom stereocenters. The molecule has 0 aromatic heterocycles. The second kappa shape index (κ2) is 18.9. The second-order valence-electron chi connectivity index (χ2n) is 8.62. The van der Waals surface area contributed by atoms with Crippen molar-refractivity contribution in [3.05, 3.63) is 0 Å². The van der Waals surface area contributed by atoms with Gasteiger partial charge in [-0.25, -0.2) is 0 Å². The summed E-state index contributed by atoms with van der Waals surface area (Å²) >= 11 is 0. The number of carboxylic acids is 1. The van der Waals surface area contributed by atoms with Crippen molar-refractivity contribution in [2.24, 2.45) is 4.99 Å². The summed E-state index contributed by atoms with van der Waals surface area (Å²) in [5.41, 5.74) is 0. The van der Waals surface area contributed by atoms with E-state index in [1.54, 1.807) is 6.34 Å². The minimum atomic E-state index is -0.780. The lowest BCUT2D eigenvalue weighted by Crippen LogP contribution is -2.27. The van der Waals surface area contributed by atoms with Gasteiger partial charge in [0, 0.05) is 6.61 Å². The highest BCUT2D eigenvalue weighted by Gasteiger charge is 2.13. The Hall–Kier alpha value is -1.10. The topological polar surface area (TPSA) is 70.9 Å². The van der Waals surface area contributed by atoms with Crippen molar-refractivity contribution < 1.29 is 14.6 Å². The molecule has 1 saturated heterocycles. The molecule has 29 heavy (non-hydrogen) atoms.